The van der Waals surface area contributed by atoms with Gasteiger partial charge in [-0.05, 0) is 61.6 Å². The van der Waals surface area contributed by atoms with Gasteiger partial charge in [0.05, 0.1) is 11.5 Å². The van der Waals surface area contributed by atoms with E-state index in [9.17, 15) is 5.11 Å². The zero-order valence-corrected chi connectivity index (χ0v) is 21.6. The number of halogens is 1. The van der Waals surface area contributed by atoms with Crippen LogP contribution < -0.4 is 11.1 Å². The predicted octanol–water partition coefficient (Wildman–Crippen LogP) is 5.70. The van der Waals surface area contributed by atoms with Gasteiger partial charge in [-0.1, -0.05) is 23.7 Å². The minimum Gasteiger partial charge on any atom is -0.481 e. The van der Waals surface area contributed by atoms with Crippen LogP contribution in [-0.2, 0) is 4.79 Å². The van der Waals surface area contributed by atoms with Gasteiger partial charge in [0.1, 0.15) is 23.3 Å². The summed E-state index contributed by atoms with van der Waals surface area (Å²) in [6.45, 7) is 3.02. The maximum Gasteiger partial charge on any atom is 0.300 e. The summed E-state index contributed by atoms with van der Waals surface area (Å²) in [5.41, 5.74) is 12.2. The highest BCUT2D eigenvalue weighted by atomic mass is 35.5. The Morgan fingerprint density at radius 2 is 1.95 bits per heavy atom. The zero-order valence-electron chi connectivity index (χ0n) is 20.8. The van der Waals surface area contributed by atoms with E-state index in [4.69, 9.17) is 31.7 Å². The second kappa shape index (κ2) is 10.3. The van der Waals surface area contributed by atoms with E-state index < -0.39 is 5.97 Å². The standard InChI is InChI=1S/C25H23ClN6O2.C2H4O2/c1-13-8-15(26)9-20-22(13)34-25(31-20)30-16-4-2-14(3-5-16)19-11-32(17-6-7-18(33)10-17)24-21(19)23(27)28-12-29-24;1-2(3)4/h2-5,8-9,11-12,17-18,33H,6-7,10H2,1H3,(H,30,31)(H2,27,28,29);1H3,(H,3,4)/t17-,18+;/m0./s1. The summed E-state index contributed by atoms with van der Waals surface area (Å²) in [6.07, 6.45) is 5.71. The Morgan fingerprint density at radius 3 is 2.63 bits per heavy atom. The van der Waals surface area contributed by atoms with Gasteiger partial charge in [-0.3, -0.25) is 4.79 Å². The smallest absolute Gasteiger partial charge is 0.300 e. The Bertz CT molecular complexity index is 1620. The molecule has 5 aromatic rings. The summed E-state index contributed by atoms with van der Waals surface area (Å²) < 4.78 is 8.01. The van der Waals surface area contributed by atoms with Crippen LogP contribution in [0.1, 0.15) is 37.8 Å². The van der Waals surface area contributed by atoms with Crippen molar-refractivity contribution < 1.29 is 19.4 Å². The average Bonchev–Trinajstić information content (AvgIpc) is 3.56. The molecule has 0 unspecified atom stereocenters. The number of aromatic nitrogens is 4. The molecule has 2 atom stereocenters. The van der Waals surface area contributed by atoms with Crippen molar-refractivity contribution in [1.82, 2.24) is 19.5 Å². The number of anilines is 3. The summed E-state index contributed by atoms with van der Waals surface area (Å²) in [6, 6.07) is 12.2. The number of benzene rings is 2. The minimum absolute atomic E-state index is 0.192. The summed E-state index contributed by atoms with van der Waals surface area (Å²) in [5.74, 6) is -0.389. The van der Waals surface area contributed by atoms with Crippen molar-refractivity contribution in [2.24, 2.45) is 0 Å². The summed E-state index contributed by atoms with van der Waals surface area (Å²) in [4.78, 5) is 22.2. The predicted molar refractivity (Wildman–Crippen MR) is 147 cm³/mol. The molecular weight excluding hydrogens is 508 g/mol. The number of nitrogens with one attached hydrogen (secondary N) is 1. The van der Waals surface area contributed by atoms with Crippen LogP contribution in [0.25, 0.3) is 33.3 Å². The highest BCUT2D eigenvalue weighted by Gasteiger charge is 2.27. The highest BCUT2D eigenvalue weighted by Crippen LogP contribution is 2.39. The van der Waals surface area contributed by atoms with Gasteiger partial charge in [-0.2, -0.15) is 4.98 Å². The van der Waals surface area contributed by atoms with E-state index in [1.54, 1.807) is 6.07 Å². The molecule has 1 saturated carbocycles. The maximum absolute atomic E-state index is 10.0. The van der Waals surface area contributed by atoms with E-state index in [-0.39, 0.29) is 12.1 Å². The number of nitrogens with two attached hydrogens (primary N) is 1. The number of aryl methyl sites for hydroxylation is 1. The molecule has 3 heterocycles. The Labute approximate surface area is 223 Å². The van der Waals surface area contributed by atoms with Crippen LogP contribution in [0.2, 0.25) is 5.02 Å². The largest absolute Gasteiger partial charge is 0.481 e. The van der Waals surface area contributed by atoms with Gasteiger partial charge in [-0.15, -0.1) is 0 Å². The van der Waals surface area contributed by atoms with Gasteiger partial charge in [0.25, 0.3) is 12.0 Å². The average molecular weight is 535 g/mol. The number of nitrogen functional groups attached to an aromatic ring is 1. The number of aliphatic carboxylic acids is 1. The summed E-state index contributed by atoms with van der Waals surface area (Å²) in [5, 5.41) is 22.1. The maximum atomic E-state index is 10.0. The molecule has 1 fully saturated rings. The molecule has 10 nitrogen and oxygen atoms in total. The Balaban J connectivity index is 0.000000689. The van der Waals surface area contributed by atoms with Crippen molar-refractivity contribution >= 4 is 57.2 Å². The van der Waals surface area contributed by atoms with Crippen molar-refractivity contribution in [3.8, 4) is 11.1 Å². The molecule has 6 rings (SSSR count). The SMILES string of the molecule is CC(=O)O.Cc1cc(Cl)cc2nc(Nc3ccc(-c4cn([C@H]5CC[C@@H](O)C5)c5ncnc(N)c45)cc3)oc12. The number of aliphatic hydroxyl groups is 1. The van der Waals surface area contributed by atoms with Crippen LogP contribution >= 0.6 is 11.6 Å². The third kappa shape index (κ3) is 5.13. The molecule has 0 spiro atoms. The molecule has 3 aromatic heterocycles. The number of rotatable bonds is 4. The number of fused-ring (bicyclic) bond motifs is 2. The number of carbonyl (C=O) groups is 1. The van der Waals surface area contributed by atoms with Gasteiger partial charge in [-0.25, -0.2) is 9.97 Å². The number of carboxylic acids is 1. The van der Waals surface area contributed by atoms with Crippen LogP contribution in [-0.4, -0.2) is 41.8 Å². The minimum atomic E-state index is -0.833. The molecule has 11 heteroatoms. The Morgan fingerprint density at radius 1 is 1.21 bits per heavy atom. The van der Waals surface area contributed by atoms with Crippen molar-refractivity contribution in [3.63, 3.8) is 0 Å². The lowest BCUT2D eigenvalue weighted by molar-refractivity contribution is -0.134. The van der Waals surface area contributed by atoms with E-state index in [1.807, 2.05) is 37.3 Å². The van der Waals surface area contributed by atoms with Crippen LogP contribution in [0.5, 0.6) is 0 Å². The zero-order chi connectivity index (χ0) is 27.0. The van der Waals surface area contributed by atoms with E-state index in [1.165, 1.54) is 6.33 Å². The molecule has 0 radical (unpaired) electrons. The van der Waals surface area contributed by atoms with Gasteiger partial charge in [0.2, 0.25) is 0 Å². The quantitative estimate of drug-likeness (QED) is 0.227. The topological polar surface area (TPSA) is 152 Å². The second-order valence-corrected chi connectivity index (χ2v) is 9.78. The number of hydrogen-bond donors (Lipinski definition) is 4. The Kier molecular flexibility index (Phi) is 6.92. The normalized spacial score (nSPS) is 16.9. The second-order valence-electron chi connectivity index (χ2n) is 9.34. The van der Waals surface area contributed by atoms with Gasteiger partial charge < -0.3 is 30.2 Å². The molecule has 0 bridgehead atoms. The number of carboxylic acid groups (broad SMARTS) is 1. The van der Waals surface area contributed by atoms with E-state index in [0.717, 1.165) is 53.2 Å². The summed E-state index contributed by atoms with van der Waals surface area (Å²) in [7, 11) is 0. The lowest BCUT2D eigenvalue weighted by Gasteiger charge is -2.12. The lowest BCUT2D eigenvalue weighted by Crippen LogP contribution is -2.07. The molecule has 38 heavy (non-hydrogen) atoms. The molecule has 1 aliphatic rings. The van der Waals surface area contributed by atoms with Crippen molar-refractivity contribution in [2.45, 2.75) is 45.3 Å². The first-order chi connectivity index (χ1) is 18.2. The molecule has 0 saturated heterocycles. The van der Waals surface area contributed by atoms with Crippen LogP contribution in [0.4, 0.5) is 17.5 Å². The van der Waals surface area contributed by atoms with Crippen molar-refractivity contribution in [2.75, 3.05) is 11.1 Å². The highest BCUT2D eigenvalue weighted by molar-refractivity contribution is 6.31. The monoisotopic (exact) mass is 534 g/mol. The van der Waals surface area contributed by atoms with Crippen molar-refractivity contribution in [1.29, 1.82) is 0 Å². The first kappa shape index (κ1) is 25.5. The molecule has 2 aromatic carbocycles. The molecule has 0 amide bonds. The van der Waals surface area contributed by atoms with Crippen molar-refractivity contribution in [3.05, 3.63) is 59.5 Å². The first-order valence-electron chi connectivity index (χ1n) is 12.1. The lowest BCUT2D eigenvalue weighted by atomic mass is 10.1. The van der Waals surface area contributed by atoms with Crippen LogP contribution in [0, 0.1) is 6.92 Å². The van der Waals surface area contributed by atoms with Crippen LogP contribution in [0.15, 0.2) is 53.3 Å². The number of aliphatic hydroxyl groups excluding tert-OH is 1. The van der Waals surface area contributed by atoms with Gasteiger partial charge >= 0.3 is 0 Å². The molecule has 1 aliphatic carbocycles. The van der Waals surface area contributed by atoms with E-state index >= 15 is 0 Å². The third-order valence-electron chi connectivity index (χ3n) is 6.50. The molecule has 0 aliphatic heterocycles. The fourth-order valence-electron chi connectivity index (χ4n) is 4.86. The van der Waals surface area contributed by atoms with Gasteiger partial charge in [0.15, 0.2) is 5.58 Å². The molecule has 5 N–H and O–H groups in total. The molecule has 196 valence electrons. The summed E-state index contributed by atoms with van der Waals surface area (Å²) >= 11 is 6.14. The first-order valence-corrected chi connectivity index (χ1v) is 12.5. The van der Waals surface area contributed by atoms with Gasteiger partial charge in [0, 0.05) is 35.4 Å². The fraction of sp³-hybridized carbons (Fsp3) is 0.259. The fourth-order valence-corrected chi connectivity index (χ4v) is 5.13. The molecular formula is C27H27ClN6O4. The van der Waals surface area contributed by atoms with Crippen LogP contribution in [0.3, 0.4) is 0 Å². The van der Waals surface area contributed by atoms with E-state index in [0.29, 0.717) is 34.4 Å². The number of nitrogens with zero attached hydrogens (tertiary/aromatic N) is 4. The Hall–Kier alpha value is -4.15. The number of oxazole rings is 1. The number of hydrogen-bond acceptors (Lipinski definition) is 8. The third-order valence-corrected chi connectivity index (χ3v) is 6.72. The van der Waals surface area contributed by atoms with E-state index in [2.05, 4.69) is 31.0 Å².